The topological polar surface area (TPSA) is 32.7 Å². The first-order valence-electron chi connectivity index (χ1n) is 11.2. The van der Waals surface area contributed by atoms with Gasteiger partial charge >= 0.3 is 0 Å². The largest absolute Gasteiger partial charge is 0.280 e. The predicted molar refractivity (Wildman–Crippen MR) is 147 cm³/mol. The molecule has 0 radical (unpaired) electrons. The van der Waals surface area contributed by atoms with Crippen LogP contribution in [0, 0.1) is 32.7 Å². The Labute approximate surface area is 232 Å². The maximum atomic E-state index is 14.4. The SMILES string of the molecule is CC1=NN(c2c(F)c(F)c(F)c(F)c2F)C(=O)/C1=C/c1ccc(SCc2ccc(I)cc2)c2ccccc12. The van der Waals surface area contributed by atoms with Crippen molar-refractivity contribution in [2.75, 3.05) is 5.01 Å². The Morgan fingerprint density at radius 1 is 0.842 bits per heavy atom. The first-order valence-corrected chi connectivity index (χ1v) is 13.3. The van der Waals surface area contributed by atoms with Gasteiger partial charge in [-0.1, -0.05) is 42.5 Å². The van der Waals surface area contributed by atoms with Crippen molar-refractivity contribution in [3.63, 3.8) is 0 Å². The average Bonchev–Trinajstić information content (AvgIpc) is 3.19. The lowest BCUT2D eigenvalue weighted by molar-refractivity contribution is -0.114. The summed E-state index contributed by atoms with van der Waals surface area (Å²) in [6.07, 6.45) is 1.50. The number of anilines is 1. The highest BCUT2D eigenvalue weighted by atomic mass is 127. The van der Waals surface area contributed by atoms with Crippen molar-refractivity contribution in [1.29, 1.82) is 0 Å². The zero-order valence-electron chi connectivity index (χ0n) is 19.5. The van der Waals surface area contributed by atoms with Gasteiger partial charge in [-0.3, -0.25) is 4.79 Å². The molecule has 0 saturated heterocycles. The van der Waals surface area contributed by atoms with Crippen molar-refractivity contribution in [1.82, 2.24) is 0 Å². The van der Waals surface area contributed by atoms with Crippen LogP contribution >= 0.6 is 34.4 Å². The second-order valence-electron chi connectivity index (χ2n) is 8.39. The van der Waals surface area contributed by atoms with Gasteiger partial charge in [0.15, 0.2) is 23.3 Å². The third-order valence-corrected chi connectivity index (χ3v) is 7.85. The zero-order chi connectivity index (χ0) is 27.1. The van der Waals surface area contributed by atoms with Crippen LogP contribution < -0.4 is 5.01 Å². The molecule has 1 aliphatic rings. The van der Waals surface area contributed by atoms with Crippen LogP contribution in [0.3, 0.4) is 0 Å². The van der Waals surface area contributed by atoms with E-state index in [0.717, 1.165) is 25.0 Å². The minimum atomic E-state index is -2.31. The summed E-state index contributed by atoms with van der Waals surface area (Å²) in [7, 11) is 0. The van der Waals surface area contributed by atoms with E-state index in [9.17, 15) is 26.7 Å². The van der Waals surface area contributed by atoms with Crippen molar-refractivity contribution in [3.05, 3.63) is 110 Å². The van der Waals surface area contributed by atoms with Crippen LogP contribution in [0.5, 0.6) is 0 Å². The summed E-state index contributed by atoms with van der Waals surface area (Å²) in [6.45, 7) is 1.42. The molecule has 0 fully saturated rings. The van der Waals surface area contributed by atoms with Gasteiger partial charge in [0.1, 0.15) is 5.69 Å². The smallest absolute Gasteiger partial charge is 0.267 e. The van der Waals surface area contributed by atoms with Crippen LogP contribution in [0.1, 0.15) is 18.1 Å². The highest BCUT2D eigenvalue weighted by Crippen LogP contribution is 2.36. The zero-order valence-corrected chi connectivity index (χ0v) is 22.5. The van der Waals surface area contributed by atoms with E-state index in [0.29, 0.717) is 5.56 Å². The Kier molecular flexibility index (Phi) is 7.28. The maximum Gasteiger partial charge on any atom is 0.280 e. The van der Waals surface area contributed by atoms with Gasteiger partial charge in [0.05, 0.1) is 11.3 Å². The molecule has 4 aromatic rings. The number of amides is 1. The number of carbonyl (C=O) groups is 1. The molecule has 0 saturated carbocycles. The quantitative estimate of drug-likeness (QED) is 0.0545. The van der Waals surface area contributed by atoms with Crippen molar-refractivity contribution in [3.8, 4) is 0 Å². The van der Waals surface area contributed by atoms with E-state index < -0.39 is 40.7 Å². The fourth-order valence-corrected chi connectivity index (χ4v) is 5.43. The van der Waals surface area contributed by atoms with E-state index >= 15 is 0 Å². The highest BCUT2D eigenvalue weighted by Gasteiger charge is 2.37. The number of benzene rings is 4. The number of halogens is 6. The van der Waals surface area contributed by atoms with E-state index in [1.165, 1.54) is 18.6 Å². The number of hydrazone groups is 1. The molecule has 0 N–H and O–H groups in total. The second kappa shape index (κ2) is 10.5. The van der Waals surface area contributed by atoms with Gasteiger partial charge in [0.25, 0.3) is 5.91 Å². The Bertz CT molecular complexity index is 1640. The first kappa shape index (κ1) is 26.4. The van der Waals surface area contributed by atoms with E-state index in [1.54, 1.807) is 11.8 Å². The van der Waals surface area contributed by atoms with Crippen molar-refractivity contribution < 1.29 is 26.7 Å². The van der Waals surface area contributed by atoms with Crippen LogP contribution in [0.15, 0.2) is 76.2 Å². The molecule has 0 aromatic heterocycles. The number of carbonyl (C=O) groups excluding carboxylic acids is 1. The van der Waals surface area contributed by atoms with Gasteiger partial charge in [-0.05, 0) is 75.7 Å². The Balaban J connectivity index is 1.50. The monoisotopic (exact) mass is 650 g/mol. The molecule has 1 amide bonds. The van der Waals surface area contributed by atoms with Gasteiger partial charge in [0.2, 0.25) is 5.82 Å². The molecule has 0 atom stereocenters. The lowest BCUT2D eigenvalue weighted by Crippen LogP contribution is -2.25. The minimum Gasteiger partial charge on any atom is -0.267 e. The fourth-order valence-electron chi connectivity index (χ4n) is 4.06. The van der Waals surface area contributed by atoms with Gasteiger partial charge in [-0.2, -0.15) is 10.1 Å². The summed E-state index contributed by atoms with van der Waals surface area (Å²) in [6, 6.07) is 19.5. The summed E-state index contributed by atoms with van der Waals surface area (Å²) in [4.78, 5) is 14.1. The Hall–Kier alpha value is -3.25. The molecule has 1 aliphatic heterocycles. The minimum absolute atomic E-state index is 0.0293. The van der Waals surface area contributed by atoms with Crippen LogP contribution in [-0.4, -0.2) is 11.6 Å². The standard InChI is InChI=1S/C28H16F5IN2OS/c1-14-20(28(37)36(35-14)27-25(32)23(30)22(29)24(31)26(27)33)12-16-8-11-21(19-5-3-2-4-18(16)19)38-13-15-6-9-17(34)10-7-15/h2-12H,13H2,1H3/b20-12+. The molecule has 5 rings (SSSR count). The first-order chi connectivity index (χ1) is 18.2. The predicted octanol–water partition coefficient (Wildman–Crippen LogP) is 8.24. The van der Waals surface area contributed by atoms with Crippen molar-refractivity contribution in [2.24, 2.45) is 5.10 Å². The van der Waals surface area contributed by atoms with Gasteiger partial charge < -0.3 is 0 Å². The van der Waals surface area contributed by atoms with Crippen molar-refractivity contribution in [2.45, 2.75) is 17.6 Å². The van der Waals surface area contributed by atoms with Crippen LogP contribution in [0.2, 0.25) is 0 Å². The number of hydrogen-bond acceptors (Lipinski definition) is 3. The summed E-state index contributed by atoms with van der Waals surface area (Å²) >= 11 is 3.91. The van der Waals surface area contributed by atoms with Gasteiger partial charge in [0, 0.05) is 14.2 Å². The molecule has 0 bridgehead atoms. The normalized spacial score (nSPS) is 14.6. The molecular formula is C28H16F5IN2OS. The summed E-state index contributed by atoms with van der Waals surface area (Å²) in [5.41, 5.74) is 0.429. The fraction of sp³-hybridized carbons (Fsp3) is 0.0714. The van der Waals surface area contributed by atoms with Gasteiger partial charge in [-0.25, -0.2) is 22.0 Å². The molecule has 0 unspecified atom stereocenters. The molecule has 4 aromatic carbocycles. The molecule has 38 heavy (non-hydrogen) atoms. The van der Waals surface area contributed by atoms with E-state index in [2.05, 4.69) is 39.8 Å². The van der Waals surface area contributed by atoms with Crippen LogP contribution in [-0.2, 0) is 10.5 Å². The number of nitrogens with zero attached hydrogens (tertiary/aromatic N) is 2. The summed E-state index contributed by atoms with van der Waals surface area (Å²) in [5.74, 6) is -11.1. The molecule has 1 heterocycles. The second-order valence-corrected chi connectivity index (χ2v) is 10.7. The summed E-state index contributed by atoms with van der Waals surface area (Å²) in [5, 5.41) is 5.78. The lowest BCUT2D eigenvalue weighted by Gasteiger charge is -2.15. The third kappa shape index (κ3) is 4.71. The molecule has 3 nitrogen and oxygen atoms in total. The van der Waals surface area contributed by atoms with E-state index in [-0.39, 0.29) is 16.3 Å². The lowest BCUT2D eigenvalue weighted by atomic mass is 10.0. The Morgan fingerprint density at radius 2 is 1.45 bits per heavy atom. The molecular weight excluding hydrogens is 634 g/mol. The number of fused-ring (bicyclic) bond motifs is 1. The van der Waals surface area contributed by atoms with Gasteiger partial charge in [-0.15, -0.1) is 11.8 Å². The molecule has 0 spiro atoms. The molecule has 0 aliphatic carbocycles. The van der Waals surface area contributed by atoms with E-state index in [4.69, 9.17) is 0 Å². The maximum absolute atomic E-state index is 14.4. The number of thioether (sulfide) groups is 1. The Morgan fingerprint density at radius 3 is 2.11 bits per heavy atom. The number of rotatable bonds is 5. The molecule has 10 heteroatoms. The number of hydrogen-bond donors (Lipinski definition) is 0. The highest BCUT2D eigenvalue weighted by molar-refractivity contribution is 14.1. The summed E-state index contributed by atoms with van der Waals surface area (Å²) < 4.78 is 70.9. The van der Waals surface area contributed by atoms with Crippen LogP contribution in [0.4, 0.5) is 27.6 Å². The van der Waals surface area contributed by atoms with Crippen molar-refractivity contribution >= 4 is 68.5 Å². The van der Waals surface area contributed by atoms with E-state index in [1.807, 2.05) is 48.5 Å². The third-order valence-electron chi connectivity index (χ3n) is 5.99. The van der Waals surface area contributed by atoms with Crippen LogP contribution in [0.25, 0.3) is 16.8 Å². The molecule has 192 valence electrons. The average molecular weight is 650 g/mol.